The van der Waals surface area contributed by atoms with Gasteiger partial charge in [0, 0.05) is 4.90 Å². The number of aryl methyl sites for hydroxylation is 3. The summed E-state index contributed by atoms with van der Waals surface area (Å²) in [4.78, 5) is 14.9. The number of hydrogen-bond acceptors (Lipinski definition) is 8. The van der Waals surface area contributed by atoms with Crippen molar-refractivity contribution in [2.75, 3.05) is 14.2 Å². The van der Waals surface area contributed by atoms with Gasteiger partial charge in [-0.15, -0.1) is 0 Å². The van der Waals surface area contributed by atoms with Crippen molar-refractivity contribution in [2.45, 2.75) is 40.6 Å². The van der Waals surface area contributed by atoms with Crippen LogP contribution in [0.1, 0.15) is 17.0 Å². The molecule has 0 bridgehead atoms. The van der Waals surface area contributed by atoms with Crippen LogP contribution in [0, 0.1) is 20.8 Å². The first-order valence-electron chi connectivity index (χ1n) is 10.8. The Kier molecular flexibility index (Phi) is 7.09. The normalized spacial score (nSPS) is 11.3. The topological polar surface area (TPSA) is 91.3 Å². The van der Waals surface area contributed by atoms with Crippen LogP contribution in [-0.4, -0.2) is 37.6 Å². The van der Waals surface area contributed by atoms with E-state index in [1.54, 1.807) is 51.5 Å². The zero-order valence-electron chi connectivity index (χ0n) is 20.1. The monoisotopic (exact) mass is 507 g/mol. The quantitative estimate of drug-likeness (QED) is 0.325. The van der Waals surface area contributed by atoms with Crippen molar-refractivity contribution in [2.24, 2.45) is 0 Å². The van der Waals surface area contributed by atoms with E-state index in [9.17, 15) is 8.42 Å². The summed E-state index contributed by atoms with van der Waals surface area (Å²) in [7, 11) is -0.809. The Bertz CT molecular complexity index is 1470. The van der Waals surface area contributed by atoms with Crippen LogP contribution in [0.3, 0.4) is 0 Å². The van der Waals surface area contributed by atoms with Crippen molar-refractivity contribution >= 4 is 21.6 Å². The number of benzene rings is 3. The third kappa shape index (κ3) is 5.31. The number of aromatic nitrogens is 3. The van der Waals surface area contributed by atoms with Crippen molar-refractivity contribution in [1.29, 1.82) is 0 Å². The van der Waals surface area contributed by atoms with Gasteiger partial charge in [-0.2, -0.15) is 4.98 Å². The summed E-state index contributed by atoms with van der Waals surface area (Å²) in [6, 6.07) is 18.3. The molecule has 0 aliphatic carbocycles. The molecule has 4 rings (SSSR count). The average molecular weight is 508 g/mol. The summed E-state index contributed by atoms with van der Waals surface area (Å²) in [6.45, 7) is 5.56. The number of rotatable bonds is 7. The van der Waals surface area contributed by atoms with Gasteiger partial charge in [0.05, 0.1) is 29.6 Å². The van der Waals surface area contributed by atoms with E-state index in [0.29, 0.717) is 17.1 Å². The molecule has 0 saturated heterocycles. The number of methoxy groups -OCH3 is 2. The Morgan fingerprint density at radius 1 is 0.743 bits per heavy atom. The molecule has 0 unspecified atom stereocenters. The van der Waals surface area contributed by atoms with Gasteiger partial charge >= 0.3 is 0 Å². The predicted octanol–water partition coefficient (Wildman–Crippen LogP) is 5.47. The van der Waals surface area contributed by atoms with Gasteiger partial charge in [0.1, 0.15) is 17.3 Å². The van der Waals surface area contributed by atoms with E-state index < -0.39 is 9.84 Å². The van der Waals surface area contributed by atoms with Crippen LogP contribution in [0.4, 0.5) is 0 Å². The van der Waals surface area contributed by atoms with E-state index in [-0.39, 0.29) is 21.7 Å². The molecule has 0 aliphatic heterocycles. The Hall–Kier alpha value is -3.43. The van der Waals surface area contributed by atoms with Crippen molar-refractivity contribution in [3.63, 3.8) is 0 Å². The van der Waals surface area contributed by atoms with Crippen molar-refractivity contribution < 1.29 is 17.9 Å². The Labute approximate surface area is 209 Å². The molecule has 1 aromatic heterocycles. The highest BCUT2D eigenvalue weighted by molar-refractivity contribution is 7.99. The van der Waals surface area contributed by atoms with Gasteiger partial charge in [-0.25, -0.2) is 18.4 Å². The molecule has 7 nitrogen and oxygen atoms in total. The van der Waals surface area contributed by atoms with Crippen LogP contribution in [0.2, 0.25) is 0 Å². The van der Waals surface area contributed by atoms with E-state index in [1.807, 2.05) is 44.2 Å². The summed E-state index contributed by atoms with van der Waals surface area (Å²) in [5.74, 6) is 1.54. The number of hydrogen-bond donors (Lipinski definition) is 0. The summed E-state index contributed by atoms with van der Waals surface area (Å²) in [5.41, 5.74) is 2.64. The number of nitrogens with zero attached hydrogens (tertiary/aromatic N) is 3. The maximum Gasteiger partial charge on any atom is 0.255 e. The zero-order chi connectivity index (χ0) is 25.2. The van der Waals surface area contributed by atoms with Crippen molar-refractivity contribution in [3.8, 4) is 22.9 Å². The predicted molar refractivity (Wildman–Crippen MR) is 135 cm³/mol. The molecule has 0 spiro atoms. The molecule has 0 N–H and O–H groups in total. The molecule has 3 aromatic carbocycles. The molecular formula is C26H25N3O4S2. The van der Waals surface area contributed by atoms with E-state index in [0.717, 1.165) is 15.4 Å². The summed E-state index contributed by atoms with van der Waals surface area (Å²) >= 11 is 1.54. The second-order valence-corrected chi connectivity index (χ2v) is 10.9. The molecule has 0 radical (unpaired) electrons. The standard InChI is InChI=1S/C26H25N3O4S2/c1-16-6-10-19(11-7-16)34-24-15-22(32-4)21(14-23(24)33-5)25-27-18(3)28-26(29-25)35(30,31)20-12-8-17(2)9-13-20/h6-15H,1-5H3. The molecule has 4 aromatic rings. The van der Waals surface area contributed by atoms with Crippen LogP contribution in [0.25, 0.3) is 11.4 Å². The van der Waals surface area contributed by atoms with E-state index >= 15 is 0 Å². The molecule has 0 atom stereocenters. The highest BCUT2D eigenvalue weighted by Gasteiger charge is 2.24. The van der Waals surface area contributed by atoms with Gasteiger partial charge in [-0.3, -0.25) is 0 Å². The van der Waals surface area contributed by atoms with Crippen LogP contribution in [-0.2, 0) is 9.84 Å². The SMILES string of the molecule is COc1cc(-c2nc(C)nc(S(=O)(=O)c3ccc(C)cc3)n2)c(OC)cc1Sc1ccc(C)cc1. The first-order chi connectivity index (χ1) is 16.7. The molecule has 0 fully saturated rings. The maximum atomic E-state index is 13.2. The van der Waals surface area contributed by atoms with Crippen molar-refractivity contribution in [3.05, 3.63) is 77.6 Å². The highest BCUT2D eigenvalue weighted by atomic mass is 32.2. The lowest BCUT2D eigenvalue weighted by molar-refractivity contribution is 0.395. The zero-order valence-corrected chi connectivity index (χ0v) is 21.7. The minimum absolute atomic E-state index is 0.119. The summed E-state index contributed by atoms with van der Waals surface area (Å²) < 4.78 is 37.7. The second kappa shape index (κ2) is 10.1. The van der Waals surface area contributed by atoms with Gasteiger partial charge in [0.15, 0.2) is 5.82 Å². The lowest BCUT2D eigenvalue weighted by Crippen LogP contribution is -2.11. The number of ether oxygens (including phenoxy) is 2. The Morgan fingerprint density at radius 3 is 1.94 bits per heavy atom. The van der Waals surface area contributed by atoms with Crippen LogP contribution < -0.4 is 9.47 Å². The minimum atomic E-state index is -3.93. The molecule has 0 amide bonds. The molecule has 180 valence electrons. The molecule has 35 heavy (non-hydrogen) atoms. The molecule has 1 heterocycles. The fourth-order valence-electron chi connectivity index (χ4n) is 3.38. The van der Waals surface area contributed by atoms with Crippen LogP contribution in [0.5, 0.6) is 11.5 Å². The summed E-state index contributed by atoms with van der Waals surface area (Å²) in [6.07, 6.45) is 0. The molecule has 0 aliphatic rings. The van der Waals surface area contributed by atoms with E-state index in [2.05, 4.69) is 15.0 Å². The van der Waals surface area contributed by atoms with Gasteiger partial charge in [0.25, 0.3) is 5.16 Å². The third-order valence-corrected chi connectivity index (χ3v) is 7.88. The molecular weight excluding hydrogens is 482 g/mol. The van der Waals surface area contributed by atoms with E-state index in [4.69, 9.17) is 9.47 Å². The first-order valence-corrected chi connectivity index (χ1v) is 13.1. The lowest BCUT2D eigenvalue weighted by Gasteiger charge is -2.15. The summed E-state index contributed by atoms with van der Waals surface area (Å²) in [5, 5.41) is -0.317. The lowest BCUT2D eigenvalue weighted by atomic mass is 10.1. The Balaban J connectivity index is 1.80. The van der Waals surface area contributed by atoms with Gasteiger partial charge in [-0.1, -0.05) is 47.2 Å². The maximum absolute atomic E-state index is 13.2. The third-order valence-electron chi connectivity index (χ3n) is 5.27. The fraction of sp³-hybridized carbons (Fsp3) is 0.192. The van der Waals surface area contributed by atoms with Crippen LogP contribution in [0.15, 0.2) is 80.5 Å². The first kappa shape index (κ1) is 24.7. The second-order valence-electron chi connectivity index (χ2n) is 7.92. The van der Waals surface area contributed by atoms with Crippen LogP contribution >= 0.6 is 11.8 Å². The fourth-order valence-corrected chi connectivity index (χ4v) is 5.48. The minimum Gasteiger partial charge on any atom is -0.496 e. The molecule has 0 saturated carbocycles. The van der Waals surface area contributed by atoms with Gasteiger partial charge < -0.3 is 9.47 Å². The highest BCUT2D eigenvalue weighted by Crippen LogP contribution is 2.42. The Morgan fingerprint density at radius 2 is 1.34 bits per heavy atom. The van der Waals surface area contributed by atoms with Gasteiger partial charge in [0.2, 0.25) is 9.84 Å². The largest absolute Gasteiger partial charge is 0.496 e. The van der Waals surface area contributed by atoms with Gasteiger partial charge in [-0.05, 0) is 57.2 Å². The molecule has 9 heteroatoms. The van der Waals surface area contributed by atoms with Crippen molar-refractivity contribution in [1.82, 2.24) is 15.0 Å². The average Bonchev–Trinajstić information content (AvgIpc) is 2.85. The number of sulfone groups is 1. The smallest absolute Gasteiger partial charge is 0.255 e. The van der Waals surface area contributed by atoms with E-state index in [1.165, 1.54) is 17.3 Å².